The first-order valence-electron chi connectivity index (χ1n) is 22.7. The molecule has 13 rings (SSSR count). The molecule has 0 amide bonds. The maximum atomic E-state index is 3.97. The van der Waals surface area contributed by atoms with E-state index < -0.39 is 0 Å². The Bertz CT molecular complexity index is 3820. The number of hydrogen-bond donors (Lipinski definition) is 1. The van der Waals surface area contributed by atoms with Crippen LogP contribution in [0.1, 0.15) is 77.6 Å². The highest BCUT2D eigenvalue weighted by molar-refractivity contribution is 7.26. The minimum absolute atomic E-state index is 0.0499. The van der Waals surface area contributed by atoms with E-state index in [1.165, 1.54) is 123 Å². The number of nitrogens with one attached hydrogen (secondary N) is 1. The molecule has 0 unspecified atom stereocenters. The van der Waals surface area contributed by atoms with E-state index in [1.54, 1.807) is 0 Å². The van der Waals surface area contributed by atoms with Gasteiger partial charge in [-0.3, -0.25) is 0 Å². The smallest absolute Gasteiger partial charge is 0.197 e. The number of aromatic nitrogens is 1. The molecule has 11 aromatic rings. The molecule has 64 heavy (non-hydrogen) atoms. The second-order valence-electron chi connectivity index (χ2n) is 20.9. The predicted octanol–water partition coefficient (Wildman–Crippen LogP) is 15.8. The average Bonchev–Trinajstić information content (AvgIpc) is 3.98. The van der Waals surface area contributed by atoms with Gasteiger partial charge in [-0.05, 0) is 122 Å². The normalized spacial score (nSPS) is 14.2. The number of rotatable bonds is 3. The second-order valence-corrected chi connectivity index (χ2v) is 23.1. The summed E-state index contributed by atoms with van der Waals surface area (Å²) < 4.78 is 7.88. The standard InChI is InChI=1S/C59H48BN2S2/c1-57(2,3)32-17-20-34(21-18-32)61-48-31-54-43(42-25-33(58(4,5)6)19-24-52(42)64-54)26-40(48)37-22-23-38-41-27-46-39(35-13-9-11-15-45(35)59(46,7)8)28-49(41)62-50-29-44-36-14-10-12-16-51(36)63-53(44)30-47(50)60-55(37)56(38)62/h9-31,61H,1-8H3. The van der Waals surface area contributed by atoms with Crippen molar-refractivity contribution < 1.29 is 0 Å². The van der Waals surface area contributed by atoms with Crippen LogP contribution in [0.5, 0.6) is 0 Å². The van der Waals surface area contributed by atoms with Gasteiger partial charge in [-0.1, -0.05) is 134 Å². The molecule has 1 radical (unpaired) electrons. The first-order chi connectivity index (χ1) is 30.7. The van der Waals surface area contributed by atoms with Crippen LogP contribution in [0.3, 0.4) is 0 Å². The van der Waals surface area contributed by atoms with Gasteiger partial charge >= 0.3 is 0 Å². The summed E-state index contributed by atoms with van der Waals surface area (Å²) in [6.07, 6.45) is 0. The summed E-state index contributed by atoms with van der Waals surface area (Å²) in [6.45, 7) is 18.6. The Morgan fingerprint density at radius 3 is 1.98 bits per heavy atom. The summed E-state index contributed by atoms with van der Waals surface area (Å²) in [4.78, 5) is 0. The Morgan fingerprint density at radius 1 is 0.500 bits per heavy atom. The minimum Gasteiger partial charge on any atom is -0.355 e. The van der Waals surface area contributed by atoms with Crippen molar-refractivity contribution in [1.82, 2.24) is 4.57 Å². The first-order valence-corrected chi connectivity index (χ1v) is 24.3. The molecule has 0 bridgehead atoms. The van der Waals surface area contributed by atoms with Crippen molar-refractivity contribution in [3.8, 4) is 27.9 Å². The molecule has 3 aromatic heterocycles. The van der Waals surface area contributed by atoms with Crippen LogP contribution in [0.4, 0.5) is 11.4 Å². The monoisotopic (exact) mass is 859 g/mol. The highest BCUT2D eigenvalue weighted by Gasteiger charge is 2.37. The van der Waals surface area contributed by atoms with Gasteiger partial charge in [-0.15, -0.1) is 22.7 Å². The third-order valence-corrected chi connectivity index (χ3v) is 16.8. The maximum absolute atomic E-state index is 3.97. The molecule has 0 saturated carbocycles. The van der Waals surface area contributed by atoms with Crippen LogP contribution in [-0.2, 0) is 16.2 Å². The fourth-order valence-corrected chi connectivity index (χ4v) is 13.3. The summed E-state index contributed by atoms with van der Waals surface area (Å²) in [7, 11) is 2.50. The summed E-state index contributed by atoms with van der Waals surface area (Å²) in [5.74, 6) is 0. The Kier molecular flexibility index (Phi) is 7.78. The lowest BCUT2D eigenvalue weighted by atomic mass is 9.59. The van der Waals surface area contributed by atoms with Crippen LogP contribution in [0.25, 0.3) is 90.1 Å². The number of nitrogens with zero attached hydrogens (tertiary/aromatic N) is 1. The van der Waals surface area contributed by atoms with Gasteiger partial charge in [-0.25, -0.2) is 0 Å². The molecular weight excluding hydrogens is 812 g/mol. The van der Waals surface area contributed by atoms with Crippen molar-refractivity contribution in [3.05, 3.63) is 162 Å². The van der Waals surface area contributed by atoms with Crippen LogP contribution in [0, 0.1) is 0 Å². The minimum atomic E-state index is -0.0967. The van der Waals surface area contributed by atoms with Gasteiger partial charge in [0.15, 0.2) is 7.28 Å². The van der Waals surface area contributed by atoms with E-state index in [-0.39, 0.29) is 16.2 Å². The SMILES string of the molecule is CC(C)(C)c1ccc(Nc2cc3sc4ccc(C(C)(C)C)cc4c3cc2-c2ccc3c4cc5c(cc4n4c3c2[B]c2cc3sc6ccccc6c3cc2-4)-c2ccccc2C5(C)C)cc1. The molecule has 2 aliphatic rings. The van der Waals surface area contributed by atoms with E-state index in [4.69, 9.17) is 0 Å². The predicted molar refractivity (Wildman–Crippen MR) is 282 cm³/mol. The molecule has 0 saturated heterocycles. The number of benzene rings is 8. The Balaban J connectivity index is 1.11. The molecule has 1 N–H and O–H groups in total. The van der Waals surface area contributed by atoms with Crippen LogP contribution < -0.4 is 16.2 Å². The van der Waals surface area contributed by atoms with Crippen LogP contribution in [-0.4, -0.2) is 11.8 Å². The summed E-state index contributed by atoms with van der Waals surface area (Å²) in [5, 5.41) is 11.9. The molecule has 0 atom stereocenters. The lowest BCUT2D eigenvalue weighted by Gasteiger charge is -2.24. The van der Waals surface area contributed by atoms with Crippen LogP contribution in [0.2, 0.25) is 0 Å². The molecule has 1 aliphatic heterocycles. The highest BCUT2D eigenvalue weighted by atomic mass is 32.1. The van der Waals surface area contributed by atoms with Gasteiger partial charge < -0.3 is 9.88 Å². The largest absolute Gasteiger partial charge is 0.355 e. The molecule has 0 fully saturated rings. The zero-order valence-corrected chi connectivity index (χ0v) is 39.3. The first kappa shape index (κ1) is 38.3. The van der Waals surface area contributed by atoms with Gasteiger partial charge in [0, 0.05) is 84.7 Å². The number of thiophene rings is 2. The molecule has 0 spiro atoms. The number of anilines is 2. The number of fused-ring (bicyclic) bond motifs is 14. The fraction of sp³-hybridized carbons (Fsp3) is 0.186. The third-order valence-electron chi connectivity index (χ3n) is 14.5. The Hall–Kier alpha value is -6.14. The summed E-state index contributed by atoms with van der Waals surface area (Å²) in [5.41, 5.74) is 19.2. The lowest BCUT2D eigenvalue weighted by molar-refractivity contribution is 0.590. The topological polar surface area (TPSA) is 17.0 Å². The van der Waals surface area contributed by atoms with E-state index in [2.05, 4.69) is 212 Å². The molecule has 309 valence electrons. The van der Waals surface area contributed by atoms with Crippen molar-refractivity contribution in [3.63, 3.8) is 0 Å². The van der Waals surface area contributed by atoms with E-state index in [9.17, 15) is 0 Å². The zero-order valence-electron chi connectivity index (χ0n) is 37.6. The lowest BCUT2D eigenvalue weighted by Crippen LogP contribution is -2.37. The quantitative estimate of drug-likeness (QED) is 0.175. The van der Waals surface area contributed by atoms with Crippen molar-refractivity contribution in [2.45, 2.75) is 71.6 Å². The molecule has 4 heterocycles. The van der Waals surface area contributed by atoms with E-state index in [1.807, 2.05) is 22.7 Å². The van der Waals surface area contributed by atoms with Crippen LogP contribution >= 0.6 is 22.7 Å². The van der Waals surface area contributed by atoms with Gasteiger partial charge in [0.2, 0.25) is 0 Å². The Labute approximate surface area is 383 Å². The second kappa shape index (κ2) is 13.0. The average molecular weight is 860 g/mol. The van der Waals surface area contributed by atoms with Crippen LogP contribution in [0.15, 0.2) is 140 Å². The fourth-order valence-electron chi connectivity index (χ4n) is 11.0. The zero-order chi connectivity index (χ0) is 43.6. The van der Waals surface area contributed by atoms with E-state index in [0.717, 1.165) is 11.4 Å². The molecule has 2 nitrogen and oxygen atoms in total. The van der Waals surface area contributed by atoms with Gasteiger partial charge in [-0.2, -0.15) is 0 Å². The summed E-state index contributed by atoms with van der Waals surface area (Å²) in [6, 6.07) is 53.8. The van der Waals surface area contributed by atoms with Crippen molar-refractivity contribution in [1.29, 1.82) is 0 Å². The Morgan fingerprint density at radius 2 is 1.19 bits per heavy atom. The number of hydrogen-bond acceptors (Lipinski definition) is 3. The van der Waals surface area contributed by atoms with Gasteiger partial charge in [0.05, 0.1) is 5.52 Å². The van der Waals surface area contributed by atoms with Crippen molar-refractivity contribution in [2.24, 2.45) is 0 Å². The molecule has 1 aliphatic carbocycles. The van der Waals surface area contributed by atoms with E-state index >= 15 is 0 Å². The molecular formula is C59H48BN2S2. The van der Waals surface area contributed by atoms with E-state index in [0.29, 0.717) is 0 Å². The molecule has 8 aromatic carbocycles. The van der Waals surface area contributed by atoms with Crippen molar-refractivity contribution >= 4 is 114 Å². The molecule has 5 heteroatoms. The third kappa shape index (κ3) is 5.44. The van der Waals surface area contributed by atoms with Crippen molar-refractivity contribution in [2.75, 3.05) is 5.32 Å². The highest BCUT2D eigenvalue weighted by Crippen LogP contribution is 2.52. The van der Waals surface area contributed by atoms with Gasteiger partial charge in [0.25, 0.3) is 0 Å². The summed E-state index contributed by atoms with van der Waals surface area (Å²) >= 11 is 3.79. The maximum Gasteiger partial charge on any atom is 0.197 e. The van der Waals surface area contributed by atoms with Gasteiger partial charge in [0.1, 0.15) is 0 Å².